The van der Waals surface area contributed by atoms with E-state index in [1.54, 1.807) is 12.1 Å². The molecule has 0 aliphatic rings. The second-order valence-corrected chi connectivity index (χ2v) is 7.73. The van der Waals surface area contributed by atoms with Crippen molar-refractivity contribution in [2.45, 2.75) is 33.2 Å². The van der Waals surface area contributed by atoms with Gasteiger partial charge in [-0.2, -0.15) is 0 Å². The molecule has 4 nitrogen and oxygen atoms in total. The number of hydrogen-bond acceptors (Lipinski definition) is 2. The molecule has 142 valence electrons. The van der Waals surface area contributed by atoms with Gasteiger partial charge in [0.2, 0.25) is 5.91 Å². The minimum atomic E-state index is -0.493. The number of amides is 1. The number of phenols is 1. The fourth-order valence-corrected chi connectivity index (χ4v) is 3.96. The van der Waals surface area contributed by atoms with Crippen molar-refractivity contribution in [2.75, 3.05) is 0 Å². The minimum Gasteiger partial charge on any atom is -0.507 e. The molecule has 4 heteroatoms. The minimum absolute atomic E-state index is 0.183. The van der Waals surface area contributed by atoms with Crippen LogP contribution >= 0.6 is 0 Å². The van der Waals surface area contributed by atoms with Crippen LogP contribution in [0.3, 0.4) is 0 Å². The normalized spacial score (nSPS) is 11.6. The maximum atomic E-state index is 12.1. The van der Waals surface area contributed by atoms with E-state index < -0.39 is 5.91 Å². The van der Waals surface area contributed by atoms with Crippen molar-refractivity contribution in [3.05, 3.63) is 76.9 Å². The summed E-state index contributed by atoms with van der Waals surface area (Å²) in [6.45, 7) is 6.92. The van der Waals surface area contributed by atoms with Crippen LogP contribution in [0.25, 0.3) is 21.8 Å². The van der Waals surface area contributed by atoms with Crippen LogP contribution in [-0.4, -0.2) is 15.6 Å². The largest absolute Gasteiger partial charge is 0.507 e. The van der Waals surface area contributed by atoms with Crippen molar-refractivity contribution in [2.24, 2.45) is 5.73 Å². The predicted molar refractivity (Wildman–Crippen MR) is 114 cm³/mol. The van der Waals surface area contributed by atoms with E-state index in [1.165, 1.54) is 5.56 Å². The Morgan fingerprint density at radius 2 is 1.79 bits per heavy atom. The highest BCUT2D eigenvalue weighted by Crippen LogP contribution is 2.39. The number of benzene rings is 3. The SMILES string of the molecule is Cc1cccc(Cn2c3cc(C(C)C)cc(O)c3c3c(C(N)=O)cccc32)c1. The van der Waals surface area contributed by atoms with Crippen LogP contribution in [-0.2, 0) is 6.54 Å². The average molecular weight is 372 g/mol. The molecule has 0 spiro atoms. The van der Waals surface area contributed by atoms with Crippen LogP contribution in [0.15, 0.2) is 54.6 Å². The molecule has 1 heterocycles. The molecule has 0 fully saturated rings. The second-order valence-electron chi connectivity index (χ2n) is 7.73. The molecule has 0 unspecified atom stereocenters. The molecule has 0 radical (unpaired) electrons. The van der Waals surface area contributed by atoms with Crippen molar-refractivity contribution in [3.8, 4) is 5.75 Å². The highest BCUT2D eigenvalue weighted by atomic mass is 16.3. The molecule has 4 aromatic rings. The molecule has 1 aromatic heterocycles. The Morgan fingerprint density at radius 1 is 1.04 bits per heavy atom. The number of aromatic hydroxyl groups is 1. The molecule has 1 amide bonds. The van der Waals surface area contributed by atoms with E-state index in [4.69, 9.17) is 5.73 Å². The third-order valence-corrected chi connectivity index (χ3v) is 5.35. The van der Waals surface area contributed by atoms with E-state index in [0.29, 0.717) is 22.9 Å². The molecule has 3 N–H and O–H groups in total. The molecule has 0 saturated heterocycles. The molecule has 4 rings (SSSR count). The second kappa shape index (κ2) is 6.71. The topological polar surface area (TPSA) is 68.2 Å². The first-order valence-electron chi connectivity index (χ1n) is 9.50. The smallest absolute Gasteiger partial charge is 0.249 e. The van der Waals surface area contributed by atoms with E-state index in [1.807, 2.05) is 18.2 Å². The zero-order chi connectivity index (χ0) is 20.0. The standard InChI is InChI=1S/C24H24N2O2/c1-14(2)17-11-20-23(21(27)12-17)22-18(24(25)28)8-5-9-19(22)26(20)13-16-7-4-6-15(3)10-16/h4-12,14,27H,13H2,1-3H3,(H2,25,28). The van der Waals surface area contributed by atoms with Crippen molar-refractivity contribution in [1.29, 1.82) is 0 Å². The number of fused-ring (bicyclic) bond motifs is 3. The van der Waals surface area contributed by atoms with Crippen LogP contribution in [0, 0.1) is 6.92 Å². The molecule has 0 saturated carbocycles. The number of carbonyl (C=O) groups is 1. The number of phenolic OH excluding ortho intramolecular Hbond substituents is 1. The lowest BCUT2D eigenvalue weighted by Gasteiger charge is -2.11. The summed E-state index contributed by atoms with van der Waals surface area (Å²) in [4.78, 5) is 12.1. The first-order valence-corrected chi connectivity index (χ1v) is 9.50. The van der Waals surface area contributed by atoms with Gasteiger partial charge in [-0.3, -0.25) is 4.79 Å². The summed E-state index contributed by atoms with van der Waals surface area (Å²) in [5.41, 5.74) is 11.3. The number of aromatic nitrogens is 1. The Morgan fingerprint density at radius 3 is 2.46 bits per heavy atom. The first kappa shape index (κ1) is 18.1. The maximum absolute atomic E-state index is 12.1. The van der Waals surface area contributed by atoms with Crippen molar-refractivity contribution < 1.29 is 9.90 Å². The summed E-state index contributed by atoms with van der Waals surface area (Å²) in [7, 11) is 0. The molecule has 0 aliphatic heterocycles. The van der Waals surface area contributed by atoms with Crippen LogP contribution in [0.4, 0.5) is 0 Å². The molecule has 0 aliphatic carbocycles. The third kappa shape index (κ3) is 2.91. The average Bonchev–Trinajstić information content (AvgIpc) is 2.96. The van der Waals surface area contributed by atoms with Crippen molar-refractivity contribution in [1.82, 2.24) is 4.57 Å². The summed E-state index contributed by atoms with van der Waals surface area (Å²) in [6, 6.07) is 17.8. The van der Waals surface area contributed by atoms with Crippen LogP contribution < -0.4 is 5.73 Å². The predicted octanol–water partition coefficient (Wildman–Crippen LogP) is 5.08. The Kier molecular flexibility index (Phi) is 4.34. The number of rotatable bonds is 4. The van der Waals surface area contributed by atoms with Gasteiger partial charge in [0.15, 0.2) is 0 Å². The highest BCUT2D eigenvalue weighted by molar-refractivity contribution is 6.19. The summed E-state index contributed by atoms with van der Waals surface area (Å²) in [5, 5.41) is 12.3. The fourth-order valence-electron chi connectivity index (χ4n) is 3.96. The lowest BCUT2D eigenvalue weighted by atomic mass is 9.99. The van der Waals surface area contributed by atoms with Gasteiger partial charge in [0, 0.05) is 17.5 Å². The lowest BCUT2D eigenvalue weighted by molar-refractivity contribution is 0.100. The summed E-state index contributed by atoms with van der Waals surface area (Å²) >= 11 is 0. The summed E-state index contributed by atoms with van der Waals surface area (Å²) in [5.74, 6) is -0.0354. The van der Waals surface area contributed by atoms with Gasteiger partial charge in [0.1, 0.15) is 5.75 Å². The highest BCUT2D eigenvalue weighted by Gasteiger charge is 2.20. The third-order valence-electron chi connectivity index (χ3n) is 5.35. The number of nitrogens with two attached hydrogens (primary N) is 1. The number of carbonyl (C=O) groups excluding carboxylic acids is 1. The Bertz CT molecular complexity index is 1220. The molecule has 3 aromatic carbocycles. The zero-order valence-corrected chi connectivity index (χ0v) is 16.4. The van der Waals surface area contributed by atoms with E-state index in [2.05, 4.69) is 49.6 Å². The van der Waals surface area contributed by atoms with Gasteiger partial charge in [0.05, 0.1) is 16.4 Å². The zero-order valence-electron chi connectivity index (χ0n) is 16.4. The van der Waals surface area contributed by atoms with Gasteiger partial charge in [-0.05, 0) is 48.2 Å². The Balaban J connectivity index is 2.11. The maximum Gasteiger partial charge on any atom is 0.249 e. The first-order chi connectivity index (χ1) is 13.4. The van der Waals surface area contributed by atoms with Gasteiger partial charge in [-0.1, -0.05) is 49.7 Å². The van der Waals surface area contributed by atoms with Gasteiger partial charge >= 0.3 is 0 Å². The van der Waals surface area contributed by atoms with Crippen LogP contribution in [0.2, 0.25) is 0 Å². The van der Waals surface area contributed by atoms with E-state index in [9.17, 15) is 9.90 Å². The lowest BCUT2D eigenvalue weighted by Crippen LogP contribution is -2.11. The van der Waals surface area contributed by atoms with Gasteiger partial charge in [-0.25, -0.2) is 0 Å². The van der Waals surface area contributed by atoms with E-state index in [-0.39, 0.29) is 11.7 Å². The van der Waals surface area contributed by atoms with Gasteiger partial charge in [-0.15, -0.1) is 0 Å². The molecule has 0 bridgehead atoms. The molecule has 28 heavy (non-hydrogen) atoms. The number of hydrogen-bond donors (Lipinski definition) is 2. The molecular formula is C24H24N2O2. The summed E-state index contributed by atoms with van der Waals surface area (Å²) < 4.78 is 2.16. The molecule has 0 atom stereocenters. The van der Waals surface area contributed by atoms with Crippen molar-refractivity contribution in [3.63, 3.8) is 0 Å². The Labute approximate surface area is 164 Å². The quantitative estimate of drug-likeness (QED) is 0.524. The number of primary amides is 1. The van der Waals surface area contributed by atoms with Crippen LogP contribution in [0.1, 0.15) is 46.8 Å². The van der Waals surface area contributed by atoms with Gasteiger partial charge < -0.3 is 15.4 Å². The Hall–Kier alpha value is -3.27. The monoisotopic (exact) mass is 372 g/mol. The number of aryl methyl sites for hydroxylation is 1. The van der Waals surface area contributed by atoms with E-state index in [0.717, 1.165) is 22.2 Å². The van der Waals surface area contributed by atoms with Crippen LogP contribution in [0.5, 0.6) is 5.75 Å². The van der Waals surface area contributed by atoms with Gasteiger partial charge in [0.25, 0.3) is 0 Å². The fraction of sp³-hybridized carbons (Fsp3) is 0.208. The molecular weight excluding hydrogens is 348 g/mol. The summed E-state index contributed by atoms with van der Waals surface area (Å²) in [6.07, 6.45) is 0. The number of nitrogens with zero attached hydrogens (tertiary/aromatic N) is 1. The van der Waals surface area contributed by atoms with E-state index >= 15 is 0 Å². The van der Waals surface area contributed by atoms with Crippen molar-refractivity contribution >= 4 is 27.7 Å².